The van der Waals surface area contributed by atoms with E-state index < -0.39 is 45.7 Å². The number of primary amides is 1. The maximum atomic E-state index is 14.8. The van der Waals surface area contributed by atoms with Crippen molar-refractivity contribution in [2.24, 2.45) is 5.73 Å². The number of carboxylic acids is 1. The molecule has 0 saturated carbocycles. The number of hydrogen-bond donors (Lipinski definition) is 4. The van der Waals surface area contributed by atoms with Gasteiger partial charge in [0.1, 0.15) is 23.8 Å². The van der Waals surface area contributed by atoms with E-state index in [2.05, 4.69) is 15.0 Å². The van der Waals surface area contributed by atoms with Crippen molar-refractivity contribution in [3.05, 3.63) is 83.1 Å². The van der Waals surface area contributed by atoms with Crippen LogP contribution in [-0.4, -0.2) is 36.1 Å². The predicted octanol–water partition coefficient (Wildman–Crippen LogP) is 2.98. The number of halogens is 2. The van der Waals surface area contributed by atoms with Crippen molar-refractivity contribution < 1.29 is 31.9 Å². The minimum absolute atomic E-state index is 0.0155. The van der Waals surface area contributed by atoms with Crippen molar-refractivity contribution in [3.63, 3.8) is 0 Å². The Hall–Kier alpha value is -4.26. The Balaban J connectivity index is 1.87. The Labute approximate surface area is 204 Å². The molecule has 2 heterocycles. The van der Waals surface area contributed by atoms with Crippen molar-refractivity contribution >= 4 is 39.1 Å². The fourth-order valence-electron chi connectivity index (χ4n) is 4.00. The van der Waals surface area contributed by atoms with Gasteiger partial charge in [0.2, 0.25) is 15.9 Å². The molecule has 4 rings (SSSR count). The average molecular weight is 518 g/mol. The minimum atomic E-state index is -3.55. The van der Waals surface area contributed by atoms with Crippen LogP contribution < -0.4 is 20.7 Å². The Bertz CT molecular complexity index is 1450. The van der Waals surface area contributed by atoms with E-state index >= 15 is 0 Å². The van der Waals surface area contributed by atoms with Crippen LogP contribution in [0.15, 0.2) is 54.7 Å². The number of rotatable bonds is 8. The average Bonchev–Trinajstić information content (AvgIpc) is 3.18. The van der Waals surface area contributed by atoms with Gasteiger partial charge in [0.15, 0.2) is 5.82 Å². The van der Waals surface area contributed by atoms with E-state index in [-0.39, 0.29) is 39.6 Å². The van der Waals surface area contributed by atoms with Crippen LogP contribution in [0, 0.1) is 11.6 Å². The van der Waals surface area contributed by atoms with E-state index in [1.165, 1.54) is 54.4 Å². The van der Waals surface area contributed by atoms with Crippen LogP contribution in [0.5, 0.6) is 0 Å². The van der Waals surface area contributed by atoms with Gasteiger partial charge in [-0.15, -0.1) is 0 Å². The van der Waals surface area contributed by atoms with Gasteiger partial charge in [-0.2, -0.15) is 0 Å². The van der Waals surface area contributed by atoms with Crippen LogP contribution in [0.3, 0.4) is 0 Å². The Morgan fingerprint density at radius 1 is 1.19 bits per heavy atom. The van der Waals surface area contributed by atoms with Crippen LogP contribution in [0.1, 0.15) is 40.6 Å². The predicted molar refractivity (Wildman–Crippen MR) is 128 cm³/mol. The number of fused-ring (bicyclic) bond motifs is 1. The first-order chi connectivity index (χ1) is 17.0. The zero-order valence-corrected chi connectivity index (χ0v) is 19.6. The van der Waals surface area contributed by atoms with Gasteiger partial charge in [0, 0.05) is 23.5 Å². The lowest BCUT2D eigenvalue weighted by Gasteiger charge is -2.34. The van der Waals surface area contributed by atoms with Gasteiger partial charge in [-0.25, -0.2) is 27.0 Å². The summed E-state index contributed by atoms with van der Waals surface area (Å²) in [7, 11) is -3.55. The first-order valence-electron chi connectivity index (χ1n) is 10.6. The molecule has 1 amide bonds. The molecule has 0 bridgehead atoms. The number of carbonyl (C=O) groups is 2. The largest absolute Gasteiger partial charge is 0.478 e. The highest BCUT2D eigenvalue weighted by molar-refractivity contribution is 7.92. The molecule has 1 aromatic heterocycles. The summed E-state index contributed by atoms with van der Waals surface area (Å²) in [5.74, 6) is -4.08. The third-order valence-electron chi connectivity index (χ3n) is 5.65. The number of aromatic carboxylic acids is 1. The van der Waals surface area contributed by atoms with E-state index in [0.29, 0.717) is 6.07 Å². The molecule has 36 heavy (non-hydrogen) atoms. The zero-order valence-electron chi connectivity index (χ0n) is 18.8. The lowest BCUT2D eigenvalue weighted by Crippen LogP contribution is -2.40. The Kier molecular flexibility index (Phi) is 6.50. The summed E-state index contributed by atoms with van der Waals surface area (Å²) in [6.45, 7) is 1.47. The van der Waals surface area contributed by atoms with Crippen LogP contribution in [0.2, 0.25) is 0 Å². The monoisotopic (exact) mass is 517 g/mol. The quantitative estimate of drug-likeness (QED) is 0.356. The van der Waals surface area contributed by atoms with Crippen molar-refractivity contribution in [3.8, 4) is 0 Å². The van der Waals surface area contributed by atoms with Gasteiger partial charge in [-0.05, 0) is 42.8 Å². The van der Waals surface area contributed by atoms with Gasteiger partial charge in [0.05, 0.1) is 17.0 Å². The number of benzene rings is 2. The van der Waals surface area contributed by atoms with Gasteiger partial charge >= 0.3 is 5.97 Å². The summed E-state index contributed by atoms with van der Waals surface area (Å²) in [6.07, 6.45) is 0.0643. The summed E-state index contributed by atoms with van der Waals surface area (Å²) in [6, 6.07) is 8.45. The van der Waals surface area contributed by atoms with Gasteiger partial charge in [0.25, 0.3) is 0 Å². The molecule has 13 heteroatoms. The summed E-state index contributed by atoms with van der Waals surface area (Å²) in [4.78, 5) is 30.2. The van der Waals surface area contributed by atoms with E-state index in [9.17, 15) is 31.9 Å². The Morgan fingerprint density at radius 3 is 2.47 bits per heavy atom. The summed E-state index contributed by atoms with van der Waals surface area (Å²) >= 11 is 0. The van der Waals surface area contributed by atoms with E-state index in [4.69, 9.17) is 5.73 Å². The molecule has 5 N–H and O–H groups in total. The third kappa shape index (κ3) is 4.64. The number of anilines is 3. The minimum Gasteiger partial charge on any atom is -0.478 e. The number of nitrogens with two attached hydrogens (primary N) is 1. The second-order valence-electron chi connectivity index (χ2n) is 7.91. The molecular weight excluding hydrogens is 496 g/mol. The molecule has 2 atom stereocenters. The first kappa shape index (κ1) is 24.9. The molecule has 0 saturated heterocycles. The molecule has 1 aliphatic rings. The van der Waals surface area contributed by atoms with E-state index in [1.54, 1.807) is 0 Å². The standard InChI is InChI=1S/C23H21F2N5O5S/c1-2-36(34,35)29-14-6-3-12(4-7-14)18(20(26)31)30-19-16(23(32)33)9-10-27-21(19)28-22(30)15-8-5-13(24)11-17(15)25/h3-11,18,22,29H,2H2,1H3,(H2,26,31)(H,27,28)(H,32,33). The van der Waals surface area contributed by atoms with Gasteiger partial charge < -0.3 is 21.1 Å². The summed E-state index contributed by atoms with van der Waals surface area (Å²) < 4.78 is 54.6. The SMILES string of the molecule is CCS(=O)(=O)Nc1ccc(C(C(N)=O)N2c3c(C(=O)O)ccnc3NC2c2ccc(F)cc2F)cc1. The highest BCUT2D eigenvalue weighted by Gasteiger charge is 2.42. The Morgan fingerprint density at radius 2 is 1.89 bits per heavy atom. The number of hydrogen-bond acceptors (Lipinski definition) is 7. The van der Waals surface area contributed by atoms with Crippen LogP contribution in [0.4, 0.5) is 26.0 Å². The molecule has 3 aromatic rings. The number of amides is 1. The highest BCUT2D eigenvalue weighted by Crippen LogP contribution is 2.47. The van der Waals surface area contributed by atoms with Crippen LogP contribution in [-0.2, 0) is 14.8 Å². The van der Waals surface area contributed by atoms with Crippen molar-refractivity contribution in [1.29, 1.82) is 0 Å². The molecule has 188 valence electrons. The van der Waals surface area contributed by atoms with Gasteiger partial charge in [-0.1, -0.05) is 12.1 Å². The summed E-state index contributed by atoms with van der Waals surface area (Å²) in [5, 5.41) is 12.7. The molecule has 0 spiro atoms. The molecule has 2 unspecified atom stereocenters. The lowest BCUT2D eigenvalue weighted by molar-refractivity contribution is -0.119. The normalized spacial score (nSPS) is 15.6. The number of sulfonamides is 1. The highest BCUT2D eigenvalue weighted by atomic mass is 32.2. The fraction of sp³-hybridized carbons (Fsp3) is 0.174. The molecular formula is C23H21F2N5O5S. The molecule has 0 aliphatic carbocycles. The second kappa shape index (κ2) is 9.41. The second-order valence-corrected chi connectivity index (χ2v) is 9.92. The maximum absolute atomic E-state index is 14.8. The fourth-order valence-corrected chi connectivity index (χ4v) is 4.64. The van der Waals surface area contributed by atoms with Crippen molar-refractivity contribution in [1.82, 2.24) is 4.98 Å². The van der Waals surface area contributed by atoms with Crippen molar-refractivity contribution in [2.75, 3.05) is 20.7 Å². The maximum Gasteiger partial charge on any atom is 0.338 e. The zero-order chi connectivity index (χ0) is 26.2. The van der Waals surface area contributed by atoms with Crippen molar-refractivity contribution in [2.45, 2.75) is 19.1 Å². The third-order valence-corrected chi connectivity index (χ3v) is 6.96. The molecule has 2 aromatic carbocycles. The lowest BCUT2D eigenvalue weighted by atomic mass is 10.0. The van der Waals surface area contributed by atoms with E-state index in [0.717, 1.165) is 6.07 Å². The molecule has 0 radical (unpaired) electrons. The number of nitrogens with zero attached hydrogens (tertiary/aromatic N) is 2. The van der Waals surface area contributed by atoms with Crippen LogP contribution in [0.25, 0.3) is 0 Å². The van der Waals surface area contributed by atoms with Gasteiger partial charge in [-0.3, -0.25) is 9.52 Å². The number of carbonyl (C=O) groups excluding carboxylic acids is 1. The molecule has 10 nitrogen and oxygen atoms in total. The number of nitrogens with one attached hydrogen (secondary N) is 2. The first-order valence-corrected chi connectivity index (χ1v) is 12.3. The number of aromatic nitrogens is 1. The number of pyridine rings is 1. The molecule has 1 aliphatic heterocycles. The van der Waals surface area contributed by atoms with Crippen LogP contribution >= 0.6 is 0 Å². The molecule has 0 fully saturated rings. The van der Waals surface area contributed by atoms with E-state index in [1.807, 2.05) is 0 Å². The smallest absolute Gasteiger partial charge is 0.338 e. The number of carboxylic acid groups (broad SMARTS) is 1. The topological polar surface area (TPSA) is 155 Å². The summed E-state index contributed by atoms with van der Waals surface area (Å²) in [5.41, 5.74) is 5.94.